The SMILES string of the molecule is Cn1nc(COC2CC(F)(F)C2)c2cc(NC(=O)OC(C)(C)C)ccc21. The summed E-state index contributed by atoms with van der Waals surface area (Å²) in [5.41, 5.74) is 1.48. The summed E-state index contributed by atoms with van der Waals surface area (Å²) < 4.78 is 38.3. The van der Waals surface area contributed by atoms with E-state index in [1.54, 1.807) is 44.6 Å². The van der Waals surface area contributed by atoms with E-state index in [0.29, 0.717) is 11.4 Å². The van der Waals surface area contributed by atoms with Crippen LogP contribution in [0.25, 0.3) is 10.9 Å². The number of nitrogens with zero attached hydrogens (tertiary/aromatic N) is 2. The first-order valence-electron chi connectivity index (χ1n) is 8.47. The van der Waals surface area contributed by atoms with Crippen LogP contribution >= 0.6 is 0 Å². The van der Waals surface area contributed by atoms with Gasteiger partial charge in [-0.2, -0.15) is 5.10 Å². The van der Waals surface area contributed by atoms with Gasteiger partial charge in [0.1, 0.15) is 5.60 Å². The highest BCUT2D eigenvalue weighted by molar-refractivity contribution is 5.91. The van der Waals surface area contributed by atoms with Crippen molar-refractivity contribution in [2.45, 2.75) is 57.8 Å². The number of carbonyl (C=O) groups is 1. The lowest BCUT2D eigenvalue weighted by molar-refractivity contribution is -0.169. The van der Waals surface area contributed by atoms with Crippen molar-refractivity contribution in [1.29, 1.82) is 0 Å². The second kappa shape index (κ2) is 6.50. The molecule has 0 radical (unpaired) electrons. The Kier molecular flexibility index (Phi) is 4.64. The summed E-state index contributed by atoms with van der Waals surface area (Å²) >= 11 is 0. The molecule has 26 heavy (non-hydrogen) atoms. The number of rotatable bonds is 4. The van der Waals surface area contributed by atoms with E-state index in [2.05, 4.69) is 10.4 Å². The first-order valence-corrected chi connectivity index (χ1v) is 8.47. The topological polar surface area (TPSA) is 65.4 Å². The second-order valence-electron chi connectivity index (χ2n) is 7.63. The number of anilines is 1. The van der Waals surface area contributed by atoms with Crippen LogP contribution in [-0.4, -0.2) is 33.5 Å². The molecule has 142 valence electrons. The number of alkyl halides is 2. The van der Waals surface area contributed by atoms with Crippen LogP contribution in [0.15, 0.2) is 18.2 Å². The van der Waals surface area contributed by atoms with E-state index >= 15 is 0 Å². The molecule has 0 spiro atoms. The molecule has 0 aliphatic heterocycles. The van der Waals surface area contributed by atoms with Gasteiger partial charge in [0.15, 0.2) is 0 Å². The average Bonchev–Trinajstić information content (AvgIpc) is 2.77. The summed E-state index contributed by atoms with van der Waals surface area (Å²) in [5, 5.41) is 7.88. The molecule has 0 saturated heterocycles. The van der Waals surface area contributed by atoms with Crippen LogP contribution in [0.4, 0.5) is 19.3 Å². The van der Waals surface area contributed by atoms with E-state index in [0.717, 1.165) is 10.9 Å². The third kappa shape index (κ3) is 4.30. The first-order chi connectivity index (χ1) is 12.0. The maximum atomic E-state index is 12.9. The van der Waals surface area contributed by atoms with Crippen molar-refractivity contribution in [3.05, 3.63) is 23.9 Å². The Morgan fingerprint density at radius 2 is 2.08 bits per heavy atom. The van der Waals surface area contributed by atoms with Crippen molar-refractivity contribution in [3.63, 3.8) is 0 Å². The van der Waals surface area contributed by atoms with Gasteiger partial charge in [-0.1, -0.05) is 0 Å². The van der Waals surface area contributed by atoms with Crippen LogP contribution in [0.5, 0.6) is 0 Å². The van der Waals surface area contributed by atoms with Crippen molar-refractivity contribution in [2.75, 3.05) is 5.32 Å². The molecule has 1 saturated carbocycles. The van der Waals surface area contributed by atoms with Gasteiger partial charge < -0.3 is 9.47 Å². The Balaban J connectivity index is 1.72. The van der Waals surface area contributed by atoms with Crippen molar-refractivity contribution in [2.24, 2.45) is 7.05 Å². The summed E-state index contributed by atoms with van der Waals surface area (Å²) in [7, 11) is 1.80. The van der Waals surface area contributed by atoms with Gasteiger partial charge in [-0.25, -0.2) is 13.6 Å². The zero-order valence-corrected chi connectivity index (χ0v) is 15.3. The zero-order valence-electron chi connectivity index (χ0n) is 15.3. The standard InChI is InChI=1S/C18H23F2N3O3/c1-17(2,3)26-16(24)21-11-5-6-15-13(7-11)14(22-23(15)4)10-25-12-8-18(19,20)9-12/h5-7,12H,8-10H2,1-4H3,(H,21,24). The van der Waals surface area contributed by atoms with Crippen molar-refractivity contribution < 1.29 is 23.0 Å². The van der Waals surface area contributed by atoms with Crippen LogP contribution in [-0.2, 0) is 23.1 Å². The summed E-state index contributed by atoms with van der Waals surface area (Å²) in [6.07, 6.45) is -1.48. The monoisotopic (exact) mass is 367 g/mol. The second-order valence-corrected chi connectivity index (χ2v) is 7.63. The molecule has 0 atom stereocenters. The van der Waals surface area contributed by atoms with Gasteiger partial charge in [-0.05, 0) is 39.0 Å². The predicted molar refractivity (Wildman–Crippen MR) is 93.3 cm³/mol. The number of nitrogens with one attached hydrogen (secondary N) is 1. The smallest absolute Gasteiger partial charge is 0.412 e. The molecule has 8 heteroatoms. The molecule has 3 rings (SSSR count). The molecule has 1 aliphatic rings. The van der Waals surface area contributed by atoms with Gasteiger partial charge in [0.05, 0.1) is 23.9 Å². The summed E-state index contributed by atoms with van der Waals surface area (Å²) in [4.78, 5) is 11.9. The molecule has 1 N–H and O–H groups in total. The molecule has 1 heterocycles. The number of hydrogen-bond donors (Lipinski definition) is 1. The highest BCUT2D eigenvalue weighted by Gasteiger charge is 2.46. The van der Waals surface area contributed by atoms with E-state index in [4.69, 9.17) is 9.47 Å². The molecule has 6 nitrogen and oxygen atoms in total. The Hall–Kier alpha value is -2.22. The number of aryl methyl sites for hydroxylation is 1. The number of fused-ring (bicyclic) bond motifs is 1. The number of hydrogen-bond acceptors (Lipinski definition) is 4. The number of carbonyl (C=O) groups excluding carboxylic acids is 1. The van der Waals surface area contributed by atoms with Crippen LogP contribution < -0.4 is 5.32 Å². The lowest BCUT2D eigenvalue weighted by atomic mass is 9.91. The first kappa shape index (κ1) is 18.6. The van der Waals surface area contributed by atoms with Crippen LogP contribution in [0.1, 0.15) is 39.3 Å². The maximum absolute atomic E-state index is 12.9. The average molecular weight is 367 g/mol. The van der Waals surface area contributed by atoms with Crippen LogP contribution in [0.2, 0.25) is 0 Å². The van der Waals surface area contributed by atoms with Crippen molar-refractivity contribution in [3.8, 4) is 0 Å². The number of amides is 1. The van der Waals surface area contributed by atoms with Crippen LogP contribution in [0, 0.1) is 0 Å². The minimum atomic E-state index is -2.61. The molecule has 1 fully saturated rings. The van der Waals surface area contributed by atoms with Gasteiger partial charge in [0.2, 0.25) is 0 Å². The minimum Gasteiger partial charge on any atom is -0.444 e. The molecule has 1 aromatic carbocycles. The fourth-order valence-corrected chi connectivity index (χ4v) is 2.87. The number of benzene rings is 1. The normalized spacial score (nSPS) is 17.2. The third-order valence-electron chi connectivity index (χ3n) is 4.08. The van der Waals surface area contributed by atoms with E-state index < -0.39 is 23.7 Å². The maximum Gasteiger partial charge on any atom is 0.412 e. The minimum absolute atomic E-state index is 0.147. The summed E-state index contributed by atoms with van der Waals surface area (Å²) in [5.74, 6) is -2.61. The number of halogens is 2. The van der Waals surface area contributed by atoms with Crippen molar-refractivity contribution >= 4 is 22.7 Å². The quantitative estimate of drug-likeness (QED) is 0.878. The number of aromatic nitrogens is 2. The van der Waals surface area contributed by atoms with Gasteiger partial charge in [-0.3, -0.25) is 10.00 Å². The highest BCUT2D eigenvalue weighted by Crippen LogP contribution is 2.39. The van der Waals surface area contributed by atoms with Crippen LogP contribution in [0.3, 0.4) is 0 Å². The molecular formula is C18H23F2N3O3. The molecule has 1 amide bonds. The largest absolute Gasteiger partial charge is 0.444 e. The Labute approximate surface area is 150 Å². The molecule has 1 aromatic heterocycles. The molecule has 0 bridgehead atoms. The number of ether oxygens (including phenoxy) is 2. The Bertz CT molecular complexity index is 819. The van der Waals surface area contributed by atoms with Gasteiger partial charge in [0.25, 0.3) is 5.92 Å². The van der Waals surface area contributed by atoms with Gasteiger partial charge >= 0.3 is 6.09 Å². The predicted octanol–water partition coefficient (Wildman–Crippen LogP) is 4.23. The summed E-state index contributed by atoms with van der Waals surface area (Å²) in [6.45, 7) is 5.51. The Morgan fingerprint density at radius 3 is 2.69 bits per heavy atom. The fraction of sp³-hybridized carbons (Fsp3) is 0.556. The summed E-state index contributed by atoms with van der Waals surface area (Å²) in [6, 6.07) is 5.36. The van der Waals surface area contributed by atoms with E-state index in [1.807, 2.05) is 6.07 Å². The fourth-order valence-electron chi connectivity index (χ4n) is 2.87. The third-order valence-corrected chi connectivity index (χ3v) is 4.08. The highest BCUT2D eigenvalue weighted by atomic mass is 19.3. The molecule has 1 aliphatic carbocycles. The molecule has 0 unspecified atom stereocenters. The van der Waals surface area contributed by atoms with E-state index in [1.165, 1.54) is 0 Å². The van der Waals surface area contributed by atoms with E-state index in [9.17, 15) is 13.6 Å². The molecule has 2 aromatic rings. The van der Waals surface area contributed by atoms with Crippen molar-refractivity contribution in [1.82, 2.24) is 9.78 Å². The zero-order chi connectivity index (χ0) is 19.1. The Morgan fingerprint density at radius 1 is 1.38 bits per heavy atom. The lowest BCUT2D eigenvalue weighted by Gasteiger charge is -2.34. The van der Waals surface area contributed by atoms with Gasteiger partial charge in [0, 0.05) is 31.0 Å². The van der Waals surface area contributed by atoms with E-state index in [-0.39, 0.29) is 19.4 Å². The lowest BCUT2D eigenvalue weighted by Crippen LogP contribution is -2.41. The molecular weight excluding hydrogens is 344 g/mol. The van der Waals surface area contributed by atoms with Gasteiger partial charge in [-0.15, -0.1) is 0 Å².